The van der Waals surface area contributed by atoms with Crippen LogP contribution in [0.3, 0.4) is 0 Å². The van der Waals surface area contributed by atoms with E-state index in [1.54, 1.807) is 0 Å². The summed E-state index contributed by atoms with van der Waals surface area (Å²) in [6, 6.07) is 21.0. The summed E-state index contributed by atoms with van der Waals surface area (Å²) in [5, 5.41) is 4.72. The molecule has 24 heavy (non-hydrogen) atoms. The molecule has 2 heteroatoms. The number of benzene rings is 3. The molecule has 1 heterocycles. The molecule has 1 aromatic heterocycles. The number of aromatic nitrogens is 1. The highest BCUT2D eigenvalue weighted by Crippen LogP contribution is 2.40. The van der Waals surface area contributed by atoms with Crippen molar-refractivity contribution in [3.05, 3.63) is 73.1 Å². The van der Waals surface area contributed by atoms with Crippen LogP contribution in [-0.4, -0.2) is 11.1 Å². The molecule has 0 aliphatic carbocycles. The number of rotatable bonds is 3. The maximum Gasteiger partial charge on any atom is 0.128 e. The highest BCUT2D eigenvalue weighted by Gasteiger charge is 2.15. The van der Waals surface area contributed by atoms with Gasteiger partial charge in [-0.25, -0.2) is 0 Å². The van der Waals surface area contributed by atoms with E-state index < -0.39 is 0 Å². The van der Waals surface area contributed by atoms with Crippen molar-refractivity contribution in [3.8, 4) is 16.9 Å². The van der Waals surface area contributed by atoms with Crippen LogP contribution in [0.5, 0.6) is 5.75 Å². The van der Waals surface area contributed by atoms with Gasteiger partial charge in [0.1, 0.15) is 5.75 Å². The number of ether oxygens (including phenoxy) is 1. The average Bonchev–Trinajstić information content (AvgIpc) is 2.61. The van der Waals surface area contributed by atoms with Gasteiger partial charge in [-0.1, -0.05) is 54.6 Å². The lowest BCUT2D eigenvalue weighted by molar-refractivity contribution is 0.244. The largest absolute Gasteiger partial charge is 0.490 e. The first kappa shape index (κ1) is 14.7. The van der Waals surface area contributed by atoms with Crippen molar-refractivity contribution in [2.75, 3.05) is 0 Å². The molecule has 4 rings (SSSR count). The predicted molar refractivity (Wildman–Crippen MR) is 100 cm³/mol. The van der Waals surface area contributed by atoms with Crippen molar-refractivity contribution in [2.45, 2.75) is 20.0 Å². The third-order valence-corrected chi connectivity index (χ3v) is 4.19. The van der Waals surface area contributed by atoms with Gasteiger partial charge in [0.25, 0.3) is 0 Å². The van der Waals surface area contributed by atoms with Gasteiger partial charge in [0.2, 0.25) is 0 Å². The van der Waals surface area contributed by atoms with Gasteiger partial charge in [0, 0.05) is 28.9 Å². The third kappa shape index (κ3) is 2.50. The molecular weight excluding hydrogens is 294 g/mol. The number of hydrogen-bond acceptors (Lipinski definition) is 2. The zero-order chi connectivity index (χ0) is 16.5. The van der Waals surface area contributed by atoms with Gasteiger partial charge in [0.15, 0.2) is 0 Å². The van der Waals surface area contributed by atoms with Crippen molar-refractivity contribution in [1.82, 2.24) is 4.98 Å². The standard InChI is InChI=1S/C22H19NO/c1-15(2)24-21-12-11-16-7-3-6-10-19(16)22(21)20-14-23-13-17-8-4-5-9-18(17)20/h3-15H,1-2H3. The van der Waals surface area contributed by atoms with Crippen molar-refractivity contribution in [2.24, 2.45) is 0 Å². The highest BCUT2D eigenvalue weighted by atomic mass is 16.5. The molecule has 0 saturated heterocycles. The molecule has 118 valence electrons. The first-order valence-corrected chi connectivity index (χ1v) is 8.25. The molecule has 0 aliphatic rings. The molecule has 0 atom stereocenters. The second kappa shape index (κ2) is 5.97. The second-order valence-corrected chi connectivity index (χ2v) is 6.23. The number of pyridine rings is 1. The second-order valence-electron chi connectivity index (χ2n) is 6.23. The lowest BCUT2D eigenvalue weighted by atomic mass is 9.95. The Labute approximate surface area is 141 Å². The SMILES string of the molecule is CC(C)Oc1ccc2ccccc2c1-c1cncc2ccccc12. The minimum absolute atomic E-state index is 0.118. The number of fused-ring (bicyclic) bond motifs is 2. The molecule has 0 spiro atoms. The number of nitrogens with zero attached hydrogens (tertiary/aromatic N) is 1. The maximum absolute atomic E-state index is 6.13. The molecule has 4 aromatic rings. The Hall–Kier alpha value is -2.87. The van der Waals surface area contributed by atoms with Gasteiger partial charge in [-0.05, 0) is 36.1 Å². The summed E-state index contributed by atoms with van der Waals surface area (Å²) in [5.74, 6) is 0.904. The van der Waals surface area contributed by atoms with Crippen LogP contribution in [0.25, 0.3) is 32.7 Å². The van der Waals surface area contributed by atoms with Crippen LogP contribution < -0.4 is 4.74 Å². The summed E-state index contributed by atoms with van der Waals surface area (Å²) in [4.78, 5) is 4.46. The molecule has 0 amide bonds. The number of hydrogen-bond donors (Lipinski definition) is 0. The van der Waals surface area contributed by atoms with E-state index in [2.05, 4.69) is 73.4 Å². The van der Waals surface area contributed by atoms with E-state index in [0.717, 1.165) is 22.3 Å². The molecule has 0 bridgehead atoms. The minimum Gasteiger partial charge on any atom is -0.490 e. The van der Waals surface area contributed by atoms with E-state index in [-0.39, 0.29) is 6.10 Å². The summed E-state index contributed by atoms with van der Waals surface area (Å²) < 4.78 is 6.13. The van der Waals surface area contributed by atoms with Gasteiger partial charge in [-0.15, -0.1) is 0 Å². The van der Waals surface area contributed by atoms with Crippen LogP contribution >= 0.6 is 0 Å². The maximum atomic E-state index is 6.13. The molecule has 2 nitrogen and oxygen atoms in total. The molecule has 0 radical (unpaired) electrons. The van der Waals surface area contributed by atoms with Crippen LogP contribution in [0.4, 0.5) is 0 Å². The highest BCUT2D eigenvalue weighted by molar-refractivity contribution is 6.07. The van der Waals surface area contributed by atoms with Crippen LogP contribution in [-0.2, 0) is 0 Å². The summed E-state index contributed by atoms with van der Waals surface area (Å²) in [7, 11) is 0. The molecule has 0 fully saturated rings. The van der Waals surface area contributed by atoms with Gasteiger partial charge >= 0.3 is 0 Å². The smallest absolute Gasteiger partial charge is 0.128 e. The Morgan fingerprint density at radius 2 is 1.46 bits per heavy atom. The zero-order valence-corrected chi connectivity index (χ0v) is 13.9. The summed E-state index contributed by atoms with van der Waals surface area (Å²) in [6.45, 7) is 4.11. The molecular formula is C22H19NO. The molecule has 3 aromatic carbocycles. The normalized spacial score (nSPS) is 11.3. The zero-order valence-electron chi connectivity index (χ0n) is 13.9. The van der Waals surface area contributed by atoms with E-state index in [1.807, 2.05) is 18.5 Å². The monoisotopic (exact) mass is 313 g/mol. The van der Waals surface area contributed by atoms with Crippen LogP contribution in [0.15, 0.2) is 73.1 Å². The predicted octanol–water partition coefficient (Wildman–Crippen LogP) is 5.84. The van der Waals surface area contributed by atoms with Gasteiger partial charge in [0.05, 0.1) is 6.10 Å². The van der Waals surface area contributed by atoms with E-state index >= 15 is 0 Å². The van der Waals surface area contributed by atoms with Crippen molar-refractivity contribution >= 4 is 21.5 Å². The Kier molecular flexibility index (Phi) is 3.66. The first-order chi connectivity index (χ1) is 11.7. The molecule has 0 aliphatic heterocycles. The molecule has 0 unspecified atom stereocenters. The minimum atomic E-state index is 0.118. The average molecular weight is 313 g/mol. The van der Waals surface area contributed by atoms with Gasteiger partial charge in [-0.2, -0.15) is 0 Å². The van der Waals surface area contributed by atoms with Crippen LogP contribution in [0.1, 0.15) is 13.8 Å². The fourth-order valence-electron chi connectivity index (χ4n) is 3.20. The first-order valence-electron chi connectivity index (χ1n) is 8.25. The van der Waals surface area contributed by atoms with Crippen LogP contribution in [0, 0.1) is 0 Å². The molecule has 0 N–H and O–H groups in total. The topological polar surface area (TPSA) is 22.1 Å². The summed E-state index contributed by atoms with van der Waals surface area (Å²) in [6.07, 6.45) is 3.97. The van der Waals surface area contributed by atoms with E-state index in [0.29, 0.717) is 0 Å². The Morgan fingerprint density at radius 3 is 2.25 bits per heavy atom. The Bertz CT molecular complexity index is 1020. The van der Waals surface area contributed by atoms with Gasteiger partial charge in [-0.3, -0.25) is 4.98 Å². The van der Waals surface area contributed by atoms with E-state index in [1.165, 1.54) is 16.2 Å². The van der Waals surface area contributed by atoms with E-state index in [9.17, 15) is 0 Å². The lowest BCUT2D eigenvalue weighted by Gasteiger charge is -2.17. The quantitative estimate of drug-likeness (QED) is 0.474. The summed E-state index contributed by atoms with van der Waals surface area (Å²) >= 11 is 0. The van der Waals surface area contributed by atoms with Crippen molar-refractivity contribution in [3.63, 3.8) is 0 Å². The van der Waals surface area contributed by atoms with Crippen molar-refractivity contribution < 1.29 is 4.74 Å². The summed E-state index contributed by atoms with van der Waals surface area (Å²) in [5.41, 5.74) is 2.23. The lowest BCUT2D eigenvalue weighted by Crippen LogP contribution is -2.06. The van der Waals surface area contributed by atoms with E-state index in [4.69, 9.17) is 4.74 Å². The fraction of sp³-hybridized carbons (Fsp3) is 0.136. The molecule has 0 saturated carbocycles. The van der Waals surface area contributed by atoms with Gasteiger partial charge < -0.3 is 4.74 Å². The third-order valence-electron chi connectivity index (χ3n) is 4.19. The van der Waals surface area contributed by atoms with Crippen molar-refractivity contribution in [1.29, 1.82) is 0 Å². The Morgan fingerprint density at radius 1 is 0.750 bits per heavy atom. The Balaban J connectivity index is 2.10. The fourth-order valence-corrected chi connectivity index (χ4v) is 3.20. The van der Waals surface area contributed by atoms with Crippen LogP contribution in [0.2, 0.25) is 0 Å².